The predicted molar refractivity (Wildman–Crippen MR) is 132 cm³/mol. The molecule has 0 saturated heterocycles. The first-order valence-corrected chi connectivity index (χ1v) is 11.3. The van der Waals surface area contributed by atoms with Gasteiger partial charge in [-0.2, -0.15) is 0 Å². The molecule has 0 aromatic heterocycles. The van der Waals surface area contributed by atoms with E-state index in [2.05, 4.69) is 33.1 Å². The van der Waals surface area contributed by atoms with E-state index in [1.807, 2.05) is 74.5 Å². The van der Waals surface area contributed by atoms with Crippen LogP contribution in [0.3, 0.4) is 0 Å². The molecule has 0 saturated carbocycles. The van der Waals surface area contributed by atoms with Crippen molar-refractivity contribution >= 4 is 22.6 Å². The van der Waals surface area contributed by atoms with Gasteiger partial charge in [-0.25, -0.2) is 5.01 Å². The maximum atomic E-state index is 13.7. The maximum Gasteiger partial charge on any atom is 0.272 e. The van der Waals surface area contributed by atoms with Crippen molar-refractivity contribution < 1.29 is 9.59 Å². The van der Waals surface area contributed by atoms with Crippen LogP contribution in [0, 0.1) is 19.3 Å². The summed E-state index contributed by atoms with van der Waals surface area (Å²) in [6.07, 6.45) is 1.70. The number of amides is 2. The molecule has 32 heavy (non-hydrogen) atoms. The molecule has 3 aromatic rings. The van der Waals surface area contributed by atoms with Gasteiger partial charge < -0.3 is 0 Å². The Labute approximate surface area is 191 Å². The summed E-state index contributed by atoms with van der Waals surface area (Å²) in [4.78, 5) is 27.0. The van der Waals surface area contributed by atoms with Crippen LogP contribution in [0.2, 0.25) is 0 Å². The Bertz CT molecular complexity index is 1110. The third-order valence-electron chi connectivity index (χ3n) is 5.79. The average molecular weight is 431 g/mol. The molecule has 4 nitrogen and oxygen atoms in total. The zero-order valence-corrected chi connectivity index (χ0v) is 20.0. The van der Waals surface area contributed by atoms with Crippen molar-refractivity contribution in [3.8, 4) is 0 Å². The molecule has 1 atom stereocenters. The highest BCUT2D eigenvalue weighted by atomic mass is 16.2. The fourth-order valence-corrected chi connectivity index (χ4v) is 4.23. The number of benzene rings is 3. The molecular formula is C28H34N2O2. The molecule has 4 heteroatoms. The molecule has 0 aliphatic rings. The summed E-state index contributed by atoms with van der Waals surface area (Å²) in [5, 5.41) is 3.63. The fraction of sp³-hybridized carbons (Fsp3) is 0.357. The first-order chi connectivity index (χ1) is 15.1. The Hall–Kier alpha value is -3.14. The molecule has 0 heterocycles. The van der Waals surface area contributed by atoms with E-state index in [0.717, 1.165) is 34.7 Å². The quantitative estimate of drug-likeness (QED) is 0.472. The highest BCUT2D eigenvalue weighted by Crippen LogP contribution is 2.29. The third-order valence-corrected chi connectivity index (χ3v) is 5.79. The number of carbonyl (C=O) groups is 2. The Morgan fingerprint density at radius 3 is 2.09 bits per heavy atom. The second-order valence-corrected chi connectivity index (χ2v) is 9.72. The molecule has 1 unspecified atom stereocenters. The fourth-order valence-electron chi connectivity index (χ4n) is 4.23. The molecular weight excluding hydrogens is 396 g/mol. The summed E-state index contributed by atoms with van der Waals surface area (Å²) in [5.74, 6) is -0.460. The summed E-state index contributed by atoms with van der Waals surface area (Å²) in [6, 6.07) is 19.2. The van der Waals surface area contributed by atoms with Crippen LogP contribution in [0.5, 0.6) is 0 Å². The average Bonchev–Trinajstić information content (AvgIpc) is 2.73. The SMILES string of the molecule is CCCC(N(NC(=O)c1ccc2ccccc2c1)C(=O)c1cc(C)cc(C)c1)C(C)(C)C. The van der Waals surface area contributed by atoms with Crippen LogP contribution in [0.4, 0.5) is 0 Å². The first-order valence-electron chi connectivity index (χ1n) is 11.3. The van der Waals surface area contributed by atoms with Crippen molar-refractivity contribution in [3.63, 3.8) is 0 Å². The number of nitrogens with zero attached hydrogens (tertiary/aromatic N) is 1. The minimum absolute atomic E-state index is 0.148. The number of hydrogen-bond donors (Lipinski definition) is 1. The van der Waals surface area contributed by atoms with Crippen LogP contribution in [0.1, 0.15) is 72.4 Å². The Morgan fingerprint density at radius 1 is 0.875 bits per heavy atom. The second-order valence-electron chi connectivity index (χ2n) is 9.72. The lowest BCUT2D eigenvalue weighted by molar-refractivity contribution is 0.0271. The molecule has 0 aliphatic heterocycles. The van der Waals surface area contributed by atoms with Crippen LogP contribution < -0.4 is 5.43 Å². The van der Waals surface area contributed by atoms with Gasteiger partial charge in [0.15, 0.2) is 0 Å². The van der Waals surface area contributed by atoms with Gasteiger partial charge in [-0.05, 0) is 60.7 Å². The topological polar surface area (TPSA) is 49.4 Å². The van der Waals surface area contributed by atoms with E-state index in [1.165, 1.54) is 0 Å². The maximum absolute atomic E-state index is 13.7. The van der Waals surface area contributed by atoms with E-state index in [9.17, 15) is 9.59 Å². The molecule has 0 fully saturated rings. The highest BCUT2D eigenvalue weighted by molar-refractivity contribution is 6.01. The predicted octanol–water partition coefficient (Wildman–Crippen LogP) is 6.46. The Morgan fingerprint density at radius 2 is 1.50 bits per heavy atom. The van der Waals surface area contributed by atoms with E-state index >= 15 is 0 Å². The first kappa shape index (κ1) is 23.5. The van der Waals surface area contributed by atoms with Gasteiger partial charge in [0.25, 0.3) is 11.8 Å². The van der Waals surface area contributed by atoms with Gasteiger partial charge in [-0.1, -0.05) is 81.6 Å². The summed E-state index contributed by atoms with van der Waals surface area (Å²) in [7, 11) is 0. The van der Waals surface area contributed by atoms with Crippen LogP contribution in [0.25, 0.3) is 10.8 Å². The van der Waals surface area contributed by atoms with Crippen molar-refractivity contribution in [2.75, 3.05) is 0 Å². The minimum Gasteiger partial charge on any atom is -0.267 e. The van der Waals surface area contributed by atoms with Gasteiger partial charge in [0.1, 0.15) is 0 Å². The van der Waals surface area contributed by atoms with E-state index in [1.54, 1.807) is 5.01 Å². The van der Waals surface area contributed by atoms with Crippen molar-refractivity contribution in [2.24, 2.45) is 5.41 Å². The van der Waals surface area contributed by atoms with Crippen LogP contribution in [0.15, 0.2) is 60.7 Å². The van der Waals surface area contributed by atoms with E-state index in [0.29, 0.717) is 11.1 Å². The number of carbonyl (C=O) groups excluding carboxylic acids is 2. The zero-order valence-electron chi connectivity index (χ0n) is 20.0. The molecule has 0 aliphatic carbocycles. The van der Waals surface area contributed by atoms with Crippen molar-refractivity contribution in [1.29, 1.82) is 0 Å². The summed E-state index contributed by atoms with van der Waals surface area (Å²) >= 11 is 0. The highest BCUT2D eigenvalue weighted by Gasteiger charge is 2.35. The molecule has 2 amide bonds. The molecule has 1 N–H and O–H groups in total. The minimum atomic E-state index is -0.279. The summed E-state index contributed by atoms with van der Waals surface area (Å²) in [6.45, 7) is 12.4. The largest absolute Gasteiger partial charge is 0.272 e. The van der Waals surface area contributed by atoms with Crippen LogP contribution in [-0.4, -0.2) is 22.9 Å². The summed E-state index contributed by atoms with van der Waals surface area (Å²) < 4.78 is 0. The lowest BCUT2D eigenvalue weighted by atomic mass is 9.83. The number of aryl methyl sites for hydroxylation is 2. The van der Waals surface area contributed by atoms with Crippen LogP contribution in [-0.2, 0) is 0 Å². The van der Waals surface area contributed by atoms with Gasteiger partial charge in [0, 0.05) is 11.1 Å². The molecule has 0 radical (unpaired) electrons. The molecule has 3 rings (SSSR count). The van der Waals surface area contributed by atoms with Crippen LogP contribution >= 0.6 is 0 Å². The molecule has 0 bridgehead atoms. The van der Waals surface area contributed by atoms with Crippen molar-refractivity contribution in [2.45, 2.75) is 60.4 Å². The number of fused-ring (bicyclic) bond motifs is 1. The Balaban J connectivity index is 2.00. The monoisotopic (exact) mass is 430 g/mol. The normalized spacial score (nSPS) is 12.4. The van der Waals surface area contributed by atoms with Crippen molar-refractivity contribution in [1.82, 2.24) is 10.4 Å². The standard InChI is InChI=1S/C28H34N2O2/c1-7-10-25(28(4,5)6)30(27(32)24-16-19(2)15-20(3)17-24)29-26(31)23-14-13-21-11-8-9-12-22(21)18-23/h8-9,11-18,25H,7,10H2,1-6H3,(H,29,31). The molecule has 3 aromatic carbocycles. The number of hydrazine groups is 1. The van der Waals surface area contributed by atoms with E-state index in [4.69, 9.17) is 0 Å². The number of rotatable bonds is 5. The van der Waals surface area contributed by atoms with Gasteiger partial charge in [0.05, 0.1) is 6.04 Å². The second kappa shape index (κ2) is 9.56. The van der Waals surface area contributed by atoms with Gasteiger partial charge in [0.2, 0.25) is 0 Å². The van der Waals surface area contributed by atoms with Gasteiger partial charge in [-0.15, -0.1) is 0 Å². The summed E-state index contributed by atoms with van der Waals surface area (Å²) in [5.41, 5.74) is 5.94. The number of nitrogens with one attached hydrogen (secondary N) is 1. The van der Waals surface area contributed by atoms with Crippen molar-refractivity contribution in [3.05, 3.63) is 82.9 Å². The lowest BCUT2D eigenvalue weighted by Crippen LogP contribution is -2.56. The third kappa shape index (κ3) is 5.37. The molecule has 0 spiro atoms. The van der Waals surface area contributed by atoms with Gasteiger partial charge in [-0.3, -0.25) is 15.0 Å². The van der Waals surface area contributed by atoms with E-state index < -0.39 is 0 Å². The Kier molecular flexibility index (Phi) is 7.02. The van der Waals surface area contributed by atoms with Gasteiger partial charge >= 0.3 is 0 Å². The van der Waals surface area contributed by atoms with E-state index in [-0.39, 0.29) is 23.3 Å². The number of hydrogen-bond acceptors (Lipinski definition) is 2. The molecule has 168 valence electrons. The lowest BCUT2D eigenvalue weighted by Gasteiger charge is -2.40. The zero-order chi connectivity index (χ0) is 23.5. The smallest absolute Gasteiger partial charge is 0.267 e.